The molecular weight excluding hydrogens is 452 g/mol. The molecule has 1 N–H and O–H groups in total. The zero-order chi connectivity index (χ0) is 22.6. The van der Waals surface area contributed by atoms with E-state index in [1.165, 1.54) is 33.9 Å². The summed E-state index contributed by atoms with van der Waals surface area (Å²) in [5.74, 6) is 0.207. The molecule has 1 aliphatic rings. The van der Waals surface area contributed by atoms with Gasteiger partial charge in [0, 0.05) is 36.3 Å². The van der Waals surface area contributed by atoms with Gasteiger partial charge in [-0.3, -0.25) is 10.1 Å². The molecule has 4 rings (SSSR count). The second-order valence-corrected chi connectivity index (χ2v) is 9.54. The van der Waals surface area contributed by atoms with E-state index < -0.39 is 15.9 Å². The summed E-state index contributed by atoms with van der Waals surface area (Å²) in [7, 11) is -3.58. The number of sulfonamides is 1. The minimum atomic E-state index is -3.58. The Labute approximate surface area is 188 Å². The molecule has 0 radical (unpaired) electrons. The van der Waals surface area contributed by atoms with Crippen molar-refractivity contribution in [3.63, 3.8) is 0 Å². The first-order valence-corrected chi connectivity index (χ1v) is 11.9. The fourth-order valence-corrected chi connectivity index (χ4v) is 4.99. The molecule has 1 saturated heterocycles. The van der Waals surface area contributed by atoms with Gasteiger partial charge in [0.25, 0.3) is 5.91 Å². The summed E-state index contributed by atoms with van der Waals surface area (Å²) in [5.41, 5.74) is 0.532. The summed E-state index contributed by atoms with van der Waals surface area (Å²) in [6.45, 7) is 1.42. The SMILES string of the molecule is N#CC(=Cc1ccc(-c2ccc(S(=O)(=O)N3CCOCC3)cc2)o1)C(=O)Nc1nccs1. The van der Waals surface area contributed by atoms with Gasteiger partial charge in [-0.2, -0.15) is 9.57 Å². The van der Waals surface area contributed by atoms with Crippen LogP contribution in [-0.2, 0) is 19.6 Å². The number of ether oxygens (including phenoxy) is 1. The van der Waals surface area contributed by atoms with Crippen molar-refractivity contribution in [2.24, 2.45) is 0 Å². The zero-order valence-electron chi connectivity index (χ0n) is 16.7. The van der Waals surface area contributed by atoms with Gasteiger partial charge >= 0.3 is 0 Å². The topological polar surface area (TPSA) is 126 Å². The maximum atomic E-state index is 12.7. The molecule has 1 aromatic carbocycles. The summed E-state index contributed by atoms with van der Waals surface area (Å²) in [4.78, 5) is 16.4. The average molecular weight is 471 g/mol. The van der Waals surface area contributed by atoms with E-state index in [1.54, 1.807) is 35.8 Å². The molecule has 0 spiro atoms. The van der Waals surface area contributed by atoms with E-state index >= 15 is 0 Å². The molecular formula is C21H18N4O5S2. The number of benzene rings is 1. The minimum Gasteiger partial charge on any atom is -0.457 e. The van der Waals surface area contributed by atoms with E-state index in [0.29, 0.717) is 48.5 Å². The van der Waals surface area contributed by atoms with Gasteiger partial charge < -0.3 is 9.15 Å². The monoisotopic (exact) mass is 470 g/mol. The van der Waals surface area contributed by atoms with Gasteiger partial charge in [-0.05, 0) is 36.4 Å². The smallest absolute Gasteiger partial charge is 0.268 e. The molecule has 3 heterocycles. The Hall–Kier alpha value is -3.30. The third-order valence-corrected chi connectivity index (χ3v) is 7.28. The van der Waals surface area contributed by atoms with Crippen molar-refractivity contribution >= 4 is 38.5 Å². The first kappa shape index (κ1) is 21.9. The third kappa shape index (κ3) is 4.79. The number of carbonyl (C=O) groups excluding carboxylic acids is 1. The van der Waals surface area contributed by atoms with Crippen molar-refractivity contribution in [2.75, 3.05) is 31.6 Å². The van der Waals surface area contributed by atoms with Crippen LogP contribution in [0.5, 0.6) is 0 Å². The largest absolute Gasteiger partial charge is 0.457 e. The minimum absolute atomic E-state index is 0.131. The second-order valence-electron chi connectivity index (χ2n) is 6.70. The lowest BCUT2D eigenvalue weighted by Gasteiger charge is -2.26. The van der Waals surface area contributed by atoms with Gasteiger partial charge in [-0.15, -0.1) is 11.3 Å². The molecule has 11 heteroatoms. The summed E-state index contributed by atoms with van der Waals surface area (Å²) >= 11 is 1.24. The Kier molecular flexibility index (Phi) is 6.48. The highest BCUT2D eigenvalue weighted by Gasteiger charge is 2.26. The number of furan rings is 1. The number of morpholine rings is 1. The molecule has 1 amide bonds. The average Bonchev–Trinajstić information content (AvgIpc) is 3.50. The molecule has 2 aromatic heterocycles. The fraction of sp³-hybridized carbons (Fsp3) is 0.190. The number of carbonyl (C=O) groups is 1. The van der Waals surface area contributed by atoms with Crippen LogP contribution in [0.1, 0.15) is 5.76 Å². The lowest BCUT2D eigenvalue weighted by molar-refractivity contribution is -0.112. The molecule has 3 aromatic rings. The van der Waals surface area contributed by atoms with Crippen LogP contribution in [0.25, 0.3) is 17.4 Å². The van der Waals surface area contributed by atoms with Gasteiger partial charge in [0.05, 0.1) is 18.1 Å². The number of rotatable bonds is 6. The molecule has 32 heavy (non-hydrogen) atoms. The molecule has 0 atom stereocenters. The van der Waals surface area contributed by atoms with Gasteiger partial charge in [0.1, 0.15) is 23.2 Å². The molecule has 0 bridgehead atoms. The Morgan fingerprint density at radius 3 is 2.59 bits per heavy atom. The number of aromatic nitrogens is 1. The molecule has 1 aliphatic heterocycles. The number of thiazole rings is 1. The summed E-state index contributed by atoms with van der Waals surface area (Å²) in [6, 6.07) is 11.5. The first-order chi connectivity index (χ1) is 15.5. The molecule has 164 valence electrons. The highest BCUT2D eigenvalue weighted by Crippen LogP contribution is 2.26. The van der Waals surface area contributed by atoms with Crippen LogP contribution in [0.4, 0.5) is 5.13 Å². The second kappa shape index (κ2) is 9.46. The molecule has 1 fully saturated rings. The van der Waals surface area contributed by atoms with E-state index in [-0.39, 0.29) is 10.5 Å². The fourth-order valence-electron chi connectivity index (χ4n) is 3.05. The van der Waals surface area contributed by atoms with Crippen LogP contribution in [0.3, 0.4) is 0 Å². The maximum absolute atomic E-state index is 12.7. The summed E-state index contributed by atoms with van der Waals surface area (Å²) in [5, 5.41) is 14.0. The highest BCUT2D eigenvalue weighted by molar-refractivity contribution is 7.89. The normalized spacial score (nSPS) is 15.3. The molecule has 0 aliphatic carbocycles. The maximum Gasteiger partial charge on any atom is 0.268 e. The highest BCUT2D eigenvalue weighted by atomic mass is 32.2. The number of amides is 1. The van der Waals surface area contributed by atoms with Gasteiger partial charge in [-0.1, -0.05) is 0 Å². The lowest BCUT2D eigenvalue weighted by Crippen LogP contribution is -2.40. The van der Waals surface area contributed by atoms with Crippen LogP contribution in [0.15, 0.2) is 62.9 Å². The number of hydrogen-bond acceptors (Lipinski definition) is 8. The zero-order valence-corrected chi connectivity index (χ0v) is 18.4. The van der Waals surface area contributed by atoms with E-state index in [0.717, 1.165) is 0 Å². The number of hydrogen-bond donors (Lipinski definition) is 1. The molecule has 0 unspecified atom stereocenters. The quantitative estimate of drug-likeness (QED) is 0.434. The van der Waals surface area contributed by atoms with E-state index in [4.69, 9.17) is 9.15 Å². The van der Waals surface area contributed by atoms with Gasteiger partial charge in [-0.25, -0.2) is 13.4 Å². The van der Waals surface area contributed by atoms with E-state index in [1.807, 2.05) is 6.07 Å². The Balaban J connectivity index is 1.50. The van der Waals surface area contributed by atoms with Crippen LogP contribution in [0.2, 0.25) is 0 Å². The lowest BCUT2D eigenvalue weighted by atomic mass is 10.2. The predicted octanol–water partition coefficient (Wildman–Crippen LogP) is 2.97. The van der Waals surface area contributed by atoms with Crippen LogP contribution >= 0.6 is 11.3 Å². The van der Waals surface area contributed by atoms with Crippen LogP contribution in [-0.4, -0.2) is 49.9 Å². The van der Waals surface area contributed by atoms with Gasteiger partial charge in [0.15, 0.2) is 5.13 Å². The summed E-state index contributed by atoms with van der Waals surface area (Å²) in [6.07, 6.45) is 2.88. The Morgan fingerprint density at radius 1 is 1.19 bits per heavy atom. The van der Waals surface area contributed by atoms with E-state index in [2.05, 4.69) is 10.3 Å². The number of anilines is 1. The first-order valence-electron chi connectivity index (χ1n) is 9.58. The number of nitrogens with one attached hydrogen (secondary N) is 1. The Morgan fingerprint density at radius 2 is 1.94 bits per heavy atom. The summed E-state index contributed by atoms with van der Waals surface area (Å²) < 4.78 is 37.8. The van der Waals surface area contributed by atoms with Crippen molar-refractivity contribution in [3.05, 3.63) is 59.3 Å². The van der Waals surface area contributed by atoms with Gasteiger partial charge in [0.2, 0.25) is 10.0 Å². The third-order valence-electron chi connectivity index (χ3n) is 4.68. The Bertz CT molecular complexity index is 1270. The van der Waals surface area contributed by atoms with Crippen LogP contribution < -0.4 is 5.32 Å². The van der Waals surface area contributed by atoms with Crippen molar-refractivity contribution in [3.8, 4) is 17.4 Å². The molecule has 9 nitrogen and oxygen atoms in total. The predicted molar refractivity (Wildman–Crippen MR) is 118 cm³/mol. The van der Waals surface area contributed by atoms with Crippen LogP contribution in [0, 0.1) is 11.3 Å². The van der Waals surface area contributed by atoms with Crippen molar-refractivity contribution in [1.82, 2.24) is 9.29 Å². The number of nitriles is 1. The standard InChI is InChI=1S/C21H18N4O5S2/c22-14-16(20(26)24-21-23-7-12-31-21)13-17-3-6-19(30-17)15-1-4-18(5-2-15)32(27,28)25-8-10-29-11-9-25/h1-7,12-13H,8-11H2,(H,23,24,26). The van der Waals surface area contributed by atoms with Crippen molar-refractivity contribution in [1.29, 1.82) is 5.26 Å². The number of nitrogens with zero attached hydrogens (tertiary/aromatic N) is 3. The van der Waals surface area contributed by atoms with Crippen molar-refractivity contribution < 1.29 is 22.4 Å². The van der Waals surface area contributed by atoms with Crippen molar-refractivity contribution in [2.45, 2.75) is 4.90 Å². The van der Waals surface area contributed by atoms with E-state index in [9.17, 15) is 18.5 Å². The molecule has 0 saturated carbocycles.